The van der Waals surface area contributed by atoms with Gasteiger partial charge in [-0.15, -0.1) is 23.2 Å². The topological polar surface area (TPSA) is 116 Å². The molecule has 0 aliphatic rings. The Labute approximate surface area is 192 Å². The quantitative estimate of drug-likeness (QED) is 0.141. The van der Waals surface area contributed by atoms with E-state index in [2.05, 4.69) is 22.6 Å². The molecule has 0 aliphatic heterocycles. The summed E-state index contributed by atoms with van der Waals surface area (Å²) in [6.07, 6.45) is 1.82. The molecule has 0 aromatic heterocycles. The van der Waals surface area contributed by atoms with Crippen LogP contribution in [0, 0.1) is 20.2 Å². The molecule has 11 heteroatoms. The summed E-state index contributed by atoms with van der Waals surface area (Å²) in [4.78, 5) is 19.5. The molecule has 0 amide bonds. The van der Waals surface area contributed by atoms with Crippen molar-refractivity contribution < 1.29 is 19.7 Å². The van der Waals surface area contributed by atoms with E-state index in [0.717, 1.165) is 12.3 Å². The van der Waals surface area contributed by atoms with Gasteiger partial charge < -0.3 is 9.84 Å². The molecule has 0 radical (unpaired) electrons. The molecule has 2 aromatic rings. The van der Waals surface area contributed by atoms with Crippen LogP contribution in [0.1, 0.15) is 12.8 Å². The summed E-state index contributed by atoms with van der Waals surface area (Å²) in [7, 11) is 0. The van der Waals surface area contributed by atoms with Crippen molar-refractivity contribution in [2.45, 2.75) is 12.8 Å². The van der Waals surface area contributed by atoms with E-state index in [1.165, 1.54) is 34.8 Å². The maximum Gasteiger partial charge on any atom is 0.310 e. The Morgan fingerprint density at radius 2 is 1.41 bits per heavy atom. The van der Waals surface area contributed by atoms with Gasteiger partial charge in [0.1, 0.15) is 0 Å². The Morgan fingerprint density at radius 3 is 1.83 bits per heavy atom. The van der Waals surface area contributed by atoms with Gasteiger partial charge in [0.15, 0.2) is 11.5 Å². The third kappa shape index (κ3) is 12.3. The Balaban J connectivity index is 0.000000455. The normalized spacial score (nSPS) is 9.34. The van der Waals surface area contributed by atoms with E-state index in [1.807, 2.05) is 0 Å². The summed E-state index contributed by atoms with van der Waals surface area (Å²) in [6.45, 7) is 0.397. The van der Waals surface area contributed by atoms with Crippen LogP contribution in [-0.2, 0) is 0 Å². The molecule has 0 saturated heterocycles. The zero-order valence-corrected chi connectivity index (χ0v) is 19.0. The molecule has 0 unspecified atom stereocenters. The number of hydrogen-bond acceptors (Lipinski definition) is 6. The van der Waals surface area contributed by atoms with E-state index < -0.39 is 9.85 Å². The number of nitro groups is 2. The molecule has 0 heterocycles. The molecule has 0 aliphatic carbocycles. The fraction of sp³-hybridized carbons (Fsp3) is 0.333. The van der Waals surface area contributed by atoms with Crippen LogP contribution in [0.3, 0.4) is 0 Å². The van der Waals surface area contributed by atoms with Crippen LogP contribution >= 0.6 is 45.8 Å². The summed E-state index contributed by atoms with van der Waals surface area (Å²) < 4.78 is 6.39. The number of alkyl halides is 3. The molecular weight excluding hydrogens is 538 g/mol. The molecule has 0 spiro atoms. The first kappa shape index (κ1) is 27.1. The van der Waals surface area contributed by atoms with Crippen molar-refractivity contribution >= 4 is 57.2 Å². The van der Waals surface area contributed by atoms with E-state index in [0.29, 0.717) is 24.7 Å². The average Bonchev–Trinajstić information content (AvgIpc) is 2.70. The van der Waals surface area contributed by atoms with E-state index >= 15 is 0 Å². The molecule has 2 rings (SSSR count). The lowest BCUT2D eigenvalue weighted by atomic mass is 10.3. The highest BCUT2D eigenvalue weighted by molar-refractivity contribution is 14.1. The Bertz CT molecular complexity index is 750. The first-order chi connectivity index (χ1) is 13.9. The number of hydrogen-bond donors (Lipinski definition) is 1. The van der Waals surface area contributed by atoms with Gasteiger partial charge in [0.05, 0.1) is 16.5 Å². The van der Waals surface area contributed by atoms with Crippen LogP contribution in [0.4, 0.5) is 11.4 Å². The minimum absolute atomic E-state index is 0.0120. The number of nitro benzene ring substituents is 2. The van der Waals surface area contributed by atoms with E-state index in [-0.39, 0.29) is 17.1 Å². The second kappa shape index (κ2) is 17.0. The number of benzene rings is 2. The zero-order chi connectivity index (χ0) is 22.1. The Kier molecular flexibility index (Phi) is 16.0. The molecule has 29 heavy (non-hydrogen) atoms. The molecule has 0 atom stereocenters. The standard InChI is InChI=1S/C9H10ClNO3.C6H5NO3.C3H6ClI/c10-6-3-7-14-9-5-2-1-4-8(9)11(12)13;8-6-4-2-1-3-5(6)7(9)10;4-2-1-3-5/h1-2,4-5H,3,6-7H2;1-4,8H;1-3H2. The fourth-order valence-corrected chi connectivity index (χ4v) is 2.71. The van der Waals surface area contributed by atoms with Gasteiger partial charge in [-0.3, -0.25) is 20.2 Å². The maximum atomic E-state index is 10.6. The lowest BCUT2D eigenvalue weighted by Crippen LogP contribution is -2.00. The minimum atomic E-state index is -0.630. The average molecular weight is 559 g/mol. The highest BCUT2D eigenvalue weighted by Crippen LogP contribution is 2.25. The third-order valence-electron chi connectivity index (χ3n) is 2.94. The van der Waals surface area contributed by atoms with Crippen LogP contribution in [0.25, 0.3) is 0 Å². The highest BCUT2D eigenvalue weighted by atomic mass is 127. The minimum Gasteiger partial charge on any atom is -0.502 e. The number of phenolic OH excluding ortho intramolecular Hbond substituents is 1. The number of aromatic hydroxyl groups is 1. The van der Waals surface area contributed by atoms with Crippen molar-refractivity contribution in [2.75, 3.05) is 22.8 Å². The first-order valence-corrected chi connectivity index (χ1v) is 10.9. The molecule has 0 fully saturated rings. The van der Waals surface area contributed by atoms with Gasteiger partial charge in [-0.05, 0) is 25.0 Å². The van der Waals surface area contributed by atoms with Crippen LogP contribution < -0.4 is 4.74 Å². The van der Waals surface area contributed by atoms with Gasteiger partial charge in [-0.25, -0.2) is 0 Å². The van der Waals surface area contributed by atoms with Crippen molar-refractivity contribution in [2.24, 2.45) is 0 Å². The molecule has 2 aromatic carbocycles. The highest BCUT2D eigenvalue weighted by Gasteiger charge is 2.12. The number of halogens is 3. The summed E-state index contributed by atoms with van der Waals surface area (Å²) >= 11 is 13.1. The van der Waals surface area contributed by atoms with Crippen molar-refractivity contribution in [1.82, 2.24) is 0 Å². The Morgan fingerprint density at radius 1 is 0.897 bits per heavy atom. The molecular formula is C18H21Cl2IN2O6. The lowest BCUT2D eigenvalue weighted by Gasteiger charge is -2.04. The number of phenols is 1. The summed E-state index contributed by atoms with van der Waals surface area (Å²) in [5, 5.41) is 29.5. The molecule has 0 saturated carbocycles. The number of para-hydroxylation sites is 4. The fourth-order valence-electron chi connectivity index (χ4n) is 1.64. The van der Waals surface area contributed by atoms with Crippen LogP contribution in [-0.4, -0.2) is 37.7 Å². The second-order valence-corrected chi connectivity index (χ2v) is 6.93. The van der Waals surface area contributed by atoms with Crippen molar-refractivity contribution in [3.8, 4) is 11.5 Å². The first-order valence-electron chi connectivity index (χ1n) is 8.35. The molecule has 0 bridgehead atoms. The smallest absolute Gasteiger partial charge is 0.310 e. The molecule has 8 nitrogen and oxygen atoms in total. The van der Waals surface area contributed by atoms with E-state index in [9.17, 15) is 20.2 Å². The number of nitrogens with zero attached hydrogens (tertiary/aromatic N) is 2. The third-order valence-corrected chi connectivity index (χ3v) is 4.24. The zero-order valence-electron chi connectivity index (χ0n) is 15.4. The SMILES string of the molecule is ClCCCI.O=[N+]([O-])c1ccccc1O.O=[N+]([O-])c1ccccc1OCCCCl. The maximum absolute atomic E-state index is 10.6. The van der Waals surface area contributed by atoms with Gasteiger partial charge in [0.2, 0.25) is 0 Å². The van der Waals surface area contributed by atoms with Crippen LogP contribution in [0.2, 0.25) is 0 Å². The summed E-state index contributed by atoms with van der Waals surface area (Å²) in [5.74, 6) is 1.29. The molecule has 1 N–H and O–H groups in total. The van der Waals surface area contributed by atoms with Gasteiger partial charge in [0.25, 0.3) is 0 Å². The number of rotatable bonds is 8. The van der Waals surface area contributed by atoms with Gasteiger partial charge >= 0.3 is 11.4 Å². The van der Waals surface area contributed by atoms with Crippen LogP contribution in [0.5, 0.6) is 11.5 Å². The van der Waals surface area contributed by atoms with Crippen molar-refractivity contribution in [3.05, 3.63) is 68.8 Å². The summed E-state index contributed by atoms with van der Waals surface area (Å²) in [5.41, 5.74) is -0.274. The van der Waals surface area contributed by atoms with Gasteiger partial charge in [-0.2, -0.15) is 0 Å². The predicted octanol–water partition coefficient (Wildman–Crippen LogP) is 5.95. The van der Waals surface area contributed by atoms with Crippen molar-refractivity contribution in [1.29, 1.82) is 0 Å². The van der Waals surface area contributed by atoms with Crippen molar-refractivity contribution in [3.63, 3.8) is 0 Å². The predicted molar refractivity (Wildman–Crippen MR) is 123 cm³/mol. The van der Waals surface area contributed by atoms with Gasteiger partial charge in [0, 0.05) is 28.3 Å². The second-order valence-electron chi connectivity index (χ2n) is 5.09. The monoisotopic (exact) mass is 558 g/mol. The van der Waals surface area contributed by atoms with E-state index in [4.69, 9.17) is 33.0 Å². The number of ether oxygens (including phenoxy) is 1. The lowest BCUT2D eigenvalue weighted by molar-refractivity contribution is -0.386. The Hall–Kier alpha value is -1.85. The van der Waals surface area contributed by atoms with Gasteiger partial charge in [-0.1, -0.05) is 46.9 Å². The molecule has 160 valence electrons. The largest absolute Gasteiger partial charge is 0.502 e. The summed E-state index contributed by atoms with van der Waals surface area (Å²) in [6, 6.07) is 11.8. The van der Waals surface area contributed by atoms with E-state index in [1.54, 1.807) is 18.2 Å². The van der Waals surface area contributed by atoms with Crippen LogP contribution in [0.15, 0.2) is 48.5 Å².